The zero-order chi connectivity index (χ0) is 27.3. The molecule has 1 aliphatic carbocycles. The van der Waals surface area contributed by atoms with Crippen molar-refractivity contribution >= 4 is 29.4 Å². The van der Waals surface area contributed by atoms with E-state index in [2.05, 4.69) is 38.0 Å². The number of amides is 2. The first-order valence-electron chi connectivity index (χ1n) is 12.2. The Balaban J connectivity index is 1.35. The largest absolute Gasteiger partial charge is 0.481 e. The number of carbonyl (C=O) groups is 3. The molecule has 1 atom stereocenters. The third-order valence-electron chi connectivity index (χ3n) is 6.56. The molecule has 2 amide bonds. The van der Waals surface area contributed by atoms with Gasteiger partial charge in [0.05, 0.1) is 42.3 Å². The highest BCUT2D eigenvalue weighted by Gasteiger charge is 2.45. The lowest BCUT2D eigenvalue weighted by Crippen LogP contribution is -2.61. The van der Waals surface area contributed by atoms with Crippen LogP contribution in [0.1, 0.15) is 36.4 Å². The second-order valence-corrected chi connectivity index (χ2v) is 10.0. The molecule has 202 valence electrons. The highest BCUT2D eigenvalue weighted by atomic mass is 35.5. The average Bonchev–Trinajstić information content (AvgIpc) is 3.69. The molecule has 3 aliphatic rings. The Bertz CT molecular complexity index is 1200. The Morgan fingerprint density at radius 3 is 2.61 bits per heavy atom. The molecule has 0 aromatic heterocycles. The fraction of sp³-hybridized carbons (Fsp3) is 0.440. The summed E-state index contributed by atoms with van der Waals surface area (Å²) in [5, 5.41) is 46.4. The molecular formula is C25H30ClN7O5. The predicted octanol–water partition coefficient (Wildman–Crippen LogP) is -0.559. The van der Waals surface area contributed by atoms with Crippen LogP contribution in [0.25, 0.3) is 0 Å². The van der Waals surface area contributed by atoms with Gasteiger partial charge in [-0.1, -0.05) is 17.7 Å². The minimum absolute atomic E-state index is 0.260. The second-order valence-electron chi connectivity index (χ2n) is 9.57. The summed E-state index contributed by atoms with van der Waals surface area (Å²) in [6.45, 7) is 0.751. The number of aliphatic hydroxyl groups excluding tert-OH is 1. The van der Waals surface area contributed by atoms with Gasteiger partial charge in [-0.05, 0) is 42.2 Å². The number of nitriles is 1. The summed E-state index contributed by atoms with van der Waals surface area (Å²) in [5.74, 6) is -2.14. The van der Waals surface area contributed by atoms with Crippen LogP contribution in [0.2, 0.25) is 5.02 Å². The van der Waals surface area contributed by atoms with E-state index in [1.165, 1.54) is 0 Å². The number of nitrogens with zero attached hydrogens (tertiary/aromatic N) is 1. The fourth-order valence-corrected chi connectivity index (χ4v) is 4.57. The summed E-state index contributed by atoms with van der Waals surface area (Å²) < 4.78 is 0. The number of carboxylic acid groups (broad SMARTS) is 1. The van der Waals surface area contributed by atoms with E-state index in [-0.39, 0.29) is 19.4 Å². The number of carboxylic acids is 1. The molecule has 38 heavy (non-hydrogen) atoms. The van der Waals surface area contributed by atoms with Crippen molar-refractivity contribution in [3.63, 3.8) is 0 Å². The standard InChI is InChI=1S/C25H30ClN7O5/c26-17-4-14(3-16(6-17)25(13-27)1-2-25)20(7-22(36)37)33-21(35)12-29-23(38)15-5-18(9-28-8-15)32-24-30-10-19(34)11-31-24/h3-6,9,19-20,24,28,30-32,34H,1-2,7-8,10-12H2,(H,29,38)(H,33,35)(H,36,37)/t19?,20-,24?/m0/s1. The first-order chi connectivity index (χ1) is 18.2. The molecule has 0 spiro atoms. The van der Waals surface area contributed by atoms with Crippen LogP contribution in [0.3, 0.4) is 0 Å². The van der Waals surface area contributed by atoms with Crippen LogP contribution < -0.4 is 31.9 Å². The van der Waals surface area contributed by atoms with E-state index in [1.807, 2.05) is 0 Å². The van der Waals surface area contributed by atoms with Crippen LogP contribution >= 0.6 is 11.6 Å². The van der Waals surface area contributed by atoms with Crippen molar-refractivity contribution in [1.82, 2.24) is 31.9 Å². The predicted molar refractivity (Wildman–Crippen MR) is 137 cm³/mol. The summed E-state index contributed by atoms with van der Waals surface area (Å²) >= 11 is 6.26. The lowest BCUT2D eigenvalue weighted by Gasteiger charge is -2.30. The molecule has 2 aliphatic heterocycles. The van der Waals surface area contributed by atoms with Crippen LogP contribution in [-0.4, -0.2) is 66.6 Å². The summed E-state index contributed by atoms with van der Waals surface area (Å²) in [4.78, 5) is 36.9. The van der Waals surface area contributed by atoms with Crippen molar-refractivity contribution in [1.29, 1.82) is 5.26 Å². The summed E-state index contributed by atoms with van der Waals surface area (Å²) in [5.41, 5.74) is 1.58. The van der Waals surface area contributed by atoms with Gasteiger partial charge in [-0.3, -0.25) is 25.0 Å². The lowest BCUT2D eigenvalue weighted by atomic mass is 9.93. The summed E-state index contributed by atoms with van der Waals surface area (Å²) in [6.07, 6.45) is 3.61. The minimum Gasteiger partial charge on any atom is -0.481 e. The highest BCUT2D eigenvalue weighted by Crippen LogP contribution is 2.48. The van der Waals surface area contributed by atoms with E-state index < -0.39 is 41.8 Å². The van der Waals surface area contributed by atoms with E-state index in [1.54, 1.807) is 30.5 Å². The van der Waals surface area contributed by atoms with Gasteiger partial charge in [-0.2, -0.15) is 5.26 Å². The number of aliphatic carboxylic acids is 1. The average molecular weight is 544 g/mol. The topological polar surface area (TPSA) is 188 Å². The molecular weight excluding hydrogens is 514 g/mol. The van der Waals surface area contributed by atoms with Crippen LogP contribution in [-0.2, 0) is 19.8 Å². The lowest BCUT2D eigenvalue weighted by molar-refractivity contribution is -0.138. The molecule has 2 fully saturated rings. The Kier molecular flexibility index (Phi) is 8.53. The number of nitrogens with one attached hydrogen (secondary N) is 6. The van der Waals surface area contributed by atoms with Crippen molar-refractivity contribution in [3.05, 3.63) is 57.9 Å². The minimum atomic E-state index is -1.12. The quantitative estimate of drug-likeness (QED) is 0.190. The Morgan fingerprint density at radius 1 is 1.21 bits per heavy atom. The molecule has 1 saturated heterocycles. The third kappa shape index (κ3) is 7.02. The Labute approximate surface area is 224 Å². The van der Waals surface area contributed by atoms with Gasteiger partial charge in [-0.25, -0.2) is 0 Å². The van der Waals surface area contributed by atoms with Gasteiger partial charge in [-0.15, -0.1) is 0 Å². The number of allylic oxidation sites excluding steroid dienone is 1. The molecule has 13 heteroatoms. The van der Waals surface area contributed by atoms with E-state index in [4.69, 9.17) is 11.6 Å². The van der Waals surface area contributed by atoms with Crippen LogP contribution in [0.4, 0.5) is 0 Å². The Hall–Kier alpha value is -3.63. The van der Waals surface area contributed by atoms with Crippen molar-refractivity contribution in [3.8, 4) is 6.07 Å². The fourth-order valence-electron chi connectivity index (χ4n) is 4.33. The smallest absolute Gasteiger partial charge is 0.305 e. The number of carbonyl (C=O) groups excluding carboxylic acids is 2. The van der Waals surface area contributed by atoms with Gasteiger partial charge in [0.15, 0.2) is 0 Å². The van der Waals surface area contributed by atoms with Gasteiger partial charge >= 0.3 is 5.97 Å². The van der Waals surface area contributed by atoms with Gasteiger partial charge in [0, 0.05) is 36.4 Å². The monoisotopic (exact) mass is 543 g/mol. The summed E-state index contributed by atoms with van der Waals surface area (Å²) in [6, 6.07) is 6.37. The molecule has 4 rings (SSSR count). The van der Waals surface area contributed by atoms with Crippen LogP contribution in [0.15, 0.2) is 41.7 Å². The molecule has 0 radical (unpaired) electrons. The molecule has 8 N–H and O–H groups in total. The van der Waals surface area contributed by atoms with E-state index in [0.29, 0.717) is 53.4 Å². The normalized spacial score (nSPS) is 22.4. The number of halogens is 1. The van der Waals surface area contributed by atoms with Crippen molar-refractivity contribution in [2.24, 2.45) is 0 Å². The SMILES string of the molecule is N#CC1(c2cc(Cl)cc([C@H](CC(=O)O)NC(=O)CNC(=O)C3=CC(NC4NCC(O)CN4)=CNC3)c2)CC1. The number of β-amino-alcohol motifs (C(OH)–C–C–N with tert-alkyl or cyclic N) is 1. The van der Waals surface area contributed by atoms with Gasteiger partial charge < -0.3 is 31.5 Å². The maximum atomic E-state index is 12.7. The molecule has 12 nitrogen and oxygen atoms in total. The molecule has 1 aromatic rings. The molecule has 0 unspecified atom stereocenters. The number of benzene rings is 1. The number of aliphatic hydroxyl groups is 1. The zero-order valence-electron chi connectivity index (χ0n) is 20.5. The van der Waals surface area contributed by atoms with Gasteiger partial charge in [0.2, 0.25) is 11.8 Å². The molecule has 1 aromatic carbocycles. The van der Waals surface area contributed by atoms with Gasteiger partial charge in [0.1, 0.15) is 6.29 Å². The van der Waals surface area contributed by atoms with Crippen LogP contribution in [0.5, 0.6) is 0 Å². The number of hydrogen-bond acceptors (Lipinski definition) is 9. The number of hydrogen-bond donors (Lipinski definition) is 8. The molecule has 2 heterocycles. The van der Waals surface area contributed by atoms with Gasteiger partial charge in [0.25, 0.3) is 0 Å². The second kappa shape index (κ2) is 11.8. The number of rotatable bonds is 10. The maximum absolute atomic E-state index is 12.7. The summed E-state index contributed by atoms with van der Waals surface area (Å²) in [7, 11) is 0. The zero-order valence-corrected chi connectivity index (χ0v) is 21.3. The van der Waals surface area contributed by atoms with Crippen LogP contribution in [0, 0.1) is 11.3 Å². The molecule has 0 bridgehead atoms. The van der Waals surface area contributed by atoms with Crippen molar-refractivity contribution in [2.45, 2.75) is 43.1 Å². The van der Waals surface area contributed by atoms with E-state index in [9.17, 15) is 29.9 Å². The molecule has 1 saturated carbocycles. The first-order valence-corrected chi connectivity index (χ1v) is 12.6. The maximum Gasteiger partial charge on any atom is 0.305 e. The highest BCUT2D eigenvalue weighted by molar-refractivity contribution is 6.30. The number of dihydropyridines is 1. The van der Waals surface area contributed by atoms with E-state index in [0.717, 1.165) is 0 Å². The Morgan fingerprint density at radius 2 is 1.95 bits per heavy atom. The first kappa shape index (κ1) is 27.4. The van der Waals surface area contributed by atoms with Crippen molar-refractivity contribution in [2.75, 3.05) is 26.2 Å². The van der Waals surface area contributed by atoms with E-state index >= 15 is 0 Å². The third-order valence-corrected chi connectivity index (χ3v) is 6.78. The van der Waals surface area contributed by atoms with Crippen molar-refractivity contribution < 1.29 is 24.6 Å².